The first-order valence-corrected chi connectivity index (χ1v) is 6.59. The molecule has 1 aliphatic rings. The van der Waals surface area contributed by atoms with Gasteiger partial charge in [0.2, 0.25) is 0 Å². The zero-order chi connectivity index (χ0) is 11.5. The molecular weight excluding hydrogens is 266 g/mol. The van der Waals surface area contributed by atoms with Crippen molar-refractivity contribution in [3.63, 3.8) is 0 Å². The maximum Gasteiger partial charge on any atom is 0.0700 e. The molecule has 1 aromatic rings. The Balaban J connectivity index is 1.99. The van der Waals surface area contributed by atoms with Crippen molar-refractivity contribution in [2.75, 3.05) is 6.61 Å². The van der Waals surface area contributed by atoms with E-state index in [1.165, 1.54) is 5.56 Å². The lowest BCUT2D eigenvalue weighted by molar-refractivity contribution is 0.111. The summed E-state index contributed by atoms with van der Waals surface area (Å²) in [6, 6.07) is 9.30. The third-order valence-corrected chi connectivity index (χ3v) is 3.68. The van der Waals surface area contributed by atoms with Crippen molar-refractivity contribution in [3.8, 4) is 0 Å². The summed E-state index contributed by atoms with van der Waals surface area (Å²) >= 11 is 3.50. The quantitative estimate of drug-likeness (QED) is 0.919. The highest BCUT2D eigenvalue weighted by Crippen LogP contribution is 2.21. The maximum absolute atomic E-state index is 5.55. The number of hydrogen-bond acceptors (Lipinski definition) is 2. The highest BCUT2D eigenvalue weighted by molar-refractivity contribution is 9.10. The van der Waals surface area contributed by atoms with Crippen molar-refractivity contribution in [3.05, 3.63) is 34.3 Å². The van der Waals surface area contributed by atoms with Gasteiger partial charge in [0.15, 0.2) is 0 Å². The summed E-state index contributed by atoms with van der Waals surface area (Å²) in [6.45, 7) is 5.22. The predicted octanol–water partition coefficient (Wildman–Crippen LogP) is 3.28. The molecule has 16 heavy (non-hydrogen) atoms. The van der Waals surface area contributed by atoms with Gasteiger partial charge in [-0.3, -0.25) is 0 Å². The first-order valence-electron chi connectivity index (χ1n) is 5.80. The van der Waals surface area contributed by atoms with Crippen molar-refractivity contribution >= 4 is 15.9 Å². The molecule has 0 aliphatic carbocycles. The Hall–Kier alpha value is -0.380. The minimum atomic E-state index is 0.328. The Morgan fingerprint density at radius 1 is 1.50 bits per heavy atom. The SMILES string of the molecule is CC1OCCC1N[C@H](C)c1cccc(Br)c1. The number of hydrogen-bond donors (Lipinski definition) is 1. The second kappa shape index (κ2) is 5.30. The van der Waals surface area contributed by atoms with E-state index in [0.717, 1.165) is 17.5 Å². The lowest BCUT2D eigenvalue weighted by atomic mass is 10.1. The summed E-state index contributed by atoms with van der Waals surface area (Å²) < 4.78 is 6.69. The molecule has 3 atom stereocenters. The van der Waals surface area contributed by atoms with Crippen LogP contribution in [0.4, 0.5) is 0 Å². The molecule has 0 bridgehead atoms. The van der Waals surface area contributed by atoms with Gasteiger partial charge in [-0.25, -0.2) is 0 Å². The van der Waals surface area contributed by atoms with Crippen LogP contribution in [0.2, 0.25) is 0 Å². The number of benzene rings is 1. The number of nitrogens with one attached hydrogen (secondary N) is 1. The Labute approximate surface area is 106 Å². The molecule has 3 heteroatoms. The summed E-state index contributed by atoms with van der Waals surface area (Å²) in [6.07, 6.45) is 1.44. The normalized spacial score (nSPS) is 26.9. The van der Waals surface area contributed by atoms with Crippen LogP contribution < -0.4 is 5.32 Å². The molecule has 88 valence electrons. The second-order valence-corrected chi connectivity index (χ2v) is 5.33. The van der Waals surface area contributed by atoms with E-state index in [1.54, 1.807) is 0 Å². The monoisotopic (exact) mass is 283 g/mol. The average molecular weight is 284 g/mol. The Morgan fingerprint density at radius 3 is 2.94 bits per heavy atom. The van der Waals surface area contributed by atoms with Crippen LogP contribution in [-0.4, -0.2) is 18.8 Å². The standard InChI is InChI=1S/C13H18BrNO/c1-9(11-4-3-5-12(14)8-11)15-13-6-7-16-10(13)2/h3-5,8-10,13,15H,6-7H2,1-2H3/t9-,10?,13?/m1/s1. The van der Waals surface area contributed by atoms with E-state index >= 15 is 0 Å². The van der Waals surface area contributed by atoms with E-state index < -0.39 is 0 Å². The molecule has 1 heterocycles. The Bertz CT molecular complexity index is 356. The summed E-state index contributed by atoms with van der Waals surface area (Å²) in [5.41, 5.74) is 1.31. The second-order valence-electron chi connectivity index (χ2n) is 4.41. The van der Waals surface area contributed by atoms with Gasteiger partial charge in [-0.15, -0.1) is 0 Å². The minimum Gasteiger partial charge on any atom is -0.377 e. The van der Waals surface area contributed by atoms with Crippen LogP contribution >= 0.6 is 15.9 Å². The number of halogens is 1. The zero-order valence-corrected chi connectivity index (χ0v) is 11.3. The fourth-order valence-electron chi connectivity index (χ4n) is 2.14. The van der Waals surface area contributed by atoms with E-state index in [-0.39, 0.29) is 0 Å². The van der Waals surface area contributed by atoms with Gasteiger partial charge in [-0.05, 0) is 38.0 Å². The molecule has 0 radical (unpaired) electrons. The largest absolute Gasteiger partial charge is 0.377 e. The van der Waals surface area contributed by atoms with Crippen LogP contribution in [0.15, 0.2) is 28.7 Å². The van der Waals surface area contributed by atoms with E-state index in [2.05, 4.69) is 59.4 Å². The fourth-order valence-corrected chi connectivity index (χ4v) is 2.56. The van der Waals surface area contributed by atoms with Crippen molar-refractivity contribution in [1.82, 2.24) is 5.32 Å². The van der Waals surface area contributed by atoms with Crippen LogP contribution in [0.3, 0.4) is 0 Å². The van der Waals surface area contributed by atoms with E-state index in [9.17, 15) is 0 Å². The lowest BCUT2D eigenvalue weighted by Crippen LogP contribution is -2.36. The van der Waals surface area contributed by atoms with Crippen LogP contribution in [0.1, 0.15) is 31.9 Å². The summed E-state index contributed by atoms with van der Waals surface area (Å²) in [4.78, 5) is 0. The van der Waals surface area contributed by atoms with Gasteiger partial charge in [0.05, 0.1) is 6.10 Å². The van der Waals surface area contributed by atoms with Crippen molar-refractivity contribution < 1.29 is 4.74 Å². The summed E-state index contributed by atoms with van der Waals surface area (Å²) in [7, 11) is 0. The Kier molecular flexibility index (Phi) is 4.00. The summed E-state index contributed by atoms with van der Waals surface area (Å²) in [5, 5.41) is 3.63. The van der Waals surface area contributed by atoms with Crippen molar-refractivity contribution in [1.29, 1.82) is 0 Å². The van der Waals surface area contributed by atoms with Crippen LogP contribution in [0, 0.1) is 0 Å². The zero-order valence-electron chi connectivity index (χ0n) is 9.74. The molecule has 0 aromatic heterocycles. The van der Waals surface area contributed by atoms with Gasteiger partial charge in [0.1, 0.15) is 0 Å². The molecular formula is C13H18BrNO. The number of ether oxygens (including phenoxy) is 1. The van der Waals surface area contributed by atoms with Crippen molar-refractivity contribution in [2.45, 2.75) is 38.5 Å². The molecule has 2 unspecified atom stereocenters. The molecule has 2 rings (SSSR count). The third-order valence-electron chi connectivity index (χ3n) is 3.19. The number of rotatable bonds is 3. The van der Waals surface area contributed by atoms with Gasteiger partial charge in [-0.1, -0.05) is 28.1 Å². The topological polar surface area (TPSA) is 21.3 Å². The van der Waals surface area contributed by atoms with E-state index in [0.29, 0.717) is 18.2 Å². The average Bonchev–Trinajstić information content (AvgIpc) is 2.64. The molecule has 1 aromatic carbocycles. The third kappa shape index (κ3) is 2.84. The molecule has 1 aliphatic heterocycles. The summed E-state index contributed by atoms with van der Waals surface area (Å²) in [5.74, 6) is 0. The van der Waals surface area contributed by atoms with Crippen LogP contribution in [-0.2, 0) is 4.74 Å². The maximum atomic E-state index is 5.55. The molecule has 1 fully saturated rings. The molecule has 1 N–H and O–H groups in total. The van der Waals surface area contributed by atoms with Crippen LogP contribution in [0.5, 0.6) is 0 Å². The van der Waals surface area contributed by atoms with Gasteiger partial charge < -0.3 is 10.1 Å². The van der Waals surface area contributed by atoms with E-state index in [1.807, 2.05) is 0 Å². The van der Waals surface area contributed by atoms with Gasteiger partial charge in [-0.2, -0.15) is 0 Å². The fraction of sp³-hybridized carbons (Fsp3) is 0.538. The Morgan fingerprint density at radius 2 is 2.31 bits per heavy atom. The molecule has 0 amide bonds. The molecule has 0 spiro atoms. The highest BCUT2D eigenvalue weighted by Gasteiger charge is 2.25. The molecule has 0 saturated carbocycles. The van der Waals surface area contributed by atoms with Crippen LogP contribution in [0.25, 0.3) is 0 Å². The van der Waals surface area contributed by atoms with Gasteiger partial charge in [0, 0.05) is 23.2 Å². The first kappa shape index (κ1) is 12.1. The highest BCUT2D eigenvalue weighted by atomic mass is 79.9. The minimum absolute atomic E-state index is 0.328. The smallest absolute Gasteiger partial charge is 0.0700 e. The van der Waals surface area contributed by atoms with Crippen molar-refractivity contribution in [2.24, 2.45) is 0 Å². The van der Waals surface area contributed by atoms with Gasteiger partial charge >= 0.3 is 0 Å². The molecule has 1 saturated heterocycles. The lowest BCUT2D eigenvalue weighted by Gasteiger charge is -2.22. The van der Waals surface area contributed by atoms with E-state index in [4.69, 9.17) is 4.74 Å². The first-order chi connectivity index (χ1) is 7.66. The van der Waals surface area contributed by atoms with Gasteiger partial charge in [0.25, 0.3) is 0 Å². The predicted molar refractivity (Wildman–Crippen MR) is 69.5 cm³/mol. The molecule has 2 nitrogen and oxygen atoms in total.